The highest BCUT2D eigenvalue weighted by Crippen LogP contribution is 2.36. The summed E-state index contributed by atoms with van der Waals surface area (Å²) in [6.45, 7) is 0. The van der Waals surface area contributed by atoms with E-state index in [0.29, 0.717) is 0 Å². The van der Waals surface area contributed by atoms with Crippen molar-refractivity contribution in [3.8, 4) is 0 Å². The molecule has 0 aliphatic rings. The molecule has 0 radical (unpaired) electrons. The van der Waals surface area contributed by atoms with E-state index in [-0.39, 0.29) is 0 Å². The normalized spacial score (nSPS) is 12.0. The van der Waals surface area contributed by atoms with Crippen molar-refractivity contribution in [1.29, 1.82) is 0 Å². The lowest BCUT2D eigenvalue weighted by molar-refractivity contribution is 0.657. The van der Waals surface area contributed by atoms with Crippen LogP contribution in [0.25, 0.3) is 43.7 Å². The first-order chi connectivity index (χ1) is 9.90. The molecular weight excluding hydrogens is 246 g/mol. The summed E-state index contributed by atoms with van der Waals surface area (Å²) in [4.78, 5) is 3.36. The van der Waals surface area contributed by atoms with Gasteiger partial charge in [-0.2, -0.15) is 0 Å². The fourth-order valence-corrected chi connectivity index (χ4v) is 3.07. The minimum absolute atomic E-state index is 0.858. The van der Waals surface area contributed by atoms with E-state index in [1.807, 2.05) is 6.07 Å². The van der Waals surface area contributed by atoms with Crippen LogP contribution in [0.3, 0.4) is 0 Å². The average Bonchev–Trinajstić information content (AvgIpc) is 3.00. The zero-order valence-corrected chi connectivity index (χ0v) is 10.7. The molecule has 3 aromatic carbocycles. The fraction of sp³-hybridized carbons (Fsp3) is 0. The largest absolute Gasteiger partial charge is 0.440 e. The third-order valence-corrected chi connectivity index (χ3v) is 4.00. The van der Waals surface area contributed by atoms with Crippen LogP contribution in [-0.4, -0.2) is 4.98 Å². The standard InChI is InChI=1S/C18H11NO/c1-2-6-12-10-16-14(9-11(12)5-1)17-13-7-3-4-8-15(13)19-18(17)20-16/h1-10,19H. The topological polar surface area (TPSA) is 28.9 Å². The number of aromatic nitrogens is 1. The van der Waals surface area contributed by atoms with Gasteiger partial charge in [0.05, 0.1) is 5.39 Å². The Morgan fingerprint density at radius 3 is 2.40 bits per heavy atom. The molecular formula is C18H11NO. The number of hydrogen-bond donors (Lipinski definition) is 1. The molecule has 0 bridgehead atoms. The number of H-pyrrole nitrogens is 1. The van der Waals surface area contributed by atoms with Crippen molar-refractivity contribution in [2.75, 3.05) is 0 Å². The van der Waals surface area contributed by atoms with Gasteiger partial charge in [0.25, 0.3) is 0 Å². The van der Waals surface area contributed by atoms with Crippen molar-refractivity contribution in [2.24, 2.45) is 0 Å². The van der Waals surface area contributed by atoms with Gasteiger partial charge in [-0.1, -0.05) is 42.5 Å². The van der Waals surface area contributed by atoms with Crippen LogP contribution in [0.15, 0.2) is 65.1 Å². The van der Waals surface area contributed by atoms with Crippen LogP contribution in [0.4, 0.5) is 0 Å². The van der Waals surface area contributed by atoms with Crippen molar-refractivity contribution in [1.82, 2.24) is 4.98 Å². The van der Waals surface area contributed by atoms with Crippen LogP contribution in [0.1, 0.15) is 0 Å². The summed E-state index contributed by atoms with van der Waals surface area (Å²) in [6.07, 6.45) is 0. The monoisotopic (exact) mass is 257 g/mol. The summed E-state index contributed by atoms with van der Waals surface area (Å²) in [5.74, 6) is 0. The van der Waals surface area contributed by atoms with Gasteiger partial charge in [0, 0.05) is 16.3 Å². The maximum atomic E-state index is 5.99. The third-order valence-electron chi connectivity index (χ3n) is 4.00. The van der Waals surface area contributed by atoms with Crippen LogP contribution in [0, 0.1) is 0 Å². The van der Waals surface area contributed by atoms with E-state index in [0.717, 1.165) is 16.8 Å². The lowest BCUT2D eigenvalue weighted by Gasteiger charge is -1.97. The number of furan rings is 1. The summed E-state index contributed by atoms with van der Waals surface area (Å²) in [5, 5.41) is 6.03. The van der Waals surface area contributed by atoms with Gasteiger partial charge in [0.15, 0.2) is 0 Å². The van der Waals surface area contributed by atoms with Crippen LogP contribution in [-0.2, 0) is 0 Å². The predicted molar refractivity (Wildman–Crippen MR) is 83.1 cm³/mol. The lowest BCUT2D eigenvalue weighted by atomic mass is 10.1. The Bertz CT molecular complexity index is 1090. The zero-order chi connectivity index (χ0) is 13.1. The number of rotatable bonds is 0. The quantitative estimate of drug-likeness (QED) is 0.405. The second kappa shape index (κ2) is 3.42. The van der Waals surface area contributed by atoms with E-state index < -0.39 is 0 Å². The van der Waals surface area contributed by atoms with Crippen LogP contribution in [0.2, 0.25) is 0 Å². The van der Waals surface area contributed by atoms with E-state index in [1.54, 1.807) is 0 Å². The second-order valence-electron chi connectivity index (χ2n) is 5.17. The summed E-state index contributed by atoms with van der Waals surface area (Å²) >= 11 is 0. The molecule has 2 heteroatoms. The van der Waals surface area contributed by atoms with Gasteiger partial charge in [-0.25, -0.2) is 0 Å². The minimum Gasteiger partial charge on any atom is -0.440 e. The van der Waals surface area contributed by atoms with Gasteiger partial charge in [-0.15, -0.1) is 0 Å². The first kappa shape index (κ1) is 10.1. The Kier molecular flexibility index (Phi) is 1.73. The highest BCUT2D eigenvalue weighted by atomic mass is 16.3. The average molecular weight is 257 g/mol. The molecule has 0 spiro atoms. The van der Waals surface area contributed by atoms with Gasteiger partial charge in [0.2, 0.25) is 5.71 Å². The van der Waals surface area contributed by atoms with Crippen molar-refractivity contribution >= 4 is 43.7 Å². The number of hydrogen-bond acceptors (Lipinski definition) is 1. The molecule has 5 rings (SSSR count). The van der Waals surface area contributed by atoms with E-state index in [2.05, 4.69) is 59.6 Å². The molecule has 0 aliphatic heterocycles. The van der Waals surface area contributed by atoms with Crippen LogP contribution in [0.5, 0.6) is 0 Å². The van der Waals surface area contributed by atoms with Crippen molar-refractivity contribution in [2.45, 2.75) is 0 Å². The molecule has 2 heterocycles. The Labute approximate surface area is 114 Å². The molecule has 5 aromatic rings. The van der Waals surface area contributed by atoms with Gasteiger partial charge in [-0.05, 0) is 29.0 Å². The highest BCUT2D eigenvalue weighted by molar-refractivity contribution is 6.20. The van der Waals surface area contributed by atoms with Crippen LogP contribution < -0.4 is 0 Å². The van der Waals surface area contributed by atoms with Crippen molar-refractivity contribution < 1.29 is 4.42 Å². The van der Waals surface area contributed by atoms with Crippen molar-refractivity contribution in [3.63, 3.8) is 0 Å². The molecule has 0 amide bonds. The number of fused-ring (bicyclic) bond motifs is 6. The van der Waals surface area contributed by atoms with Gasteiger partial charge >= 0.3 is 0 Å². The Morgan fingerprint density at radius 2 is 1.50 bits per heavy atom. The highest BCUT2D eigenvalue weighted by Gasteiger charge is 2.13. The minimum atomic E-state index is 0.858. The fourth-order valence-electron chi connectivity index (χ4n) is 3.07. The van der Waals surface area contributed by atoms with E-state index in [1.165, 1.54) is 26.9 Å². The Morgan fingerprint density at radius 1 is 0.750 bits per heavy atom. The maximum absolute atomic E-state index is 5.99. The van der Waals surface area contributed by atoms with Crippen LogP contribution >= 0.6 is 0 Å². The molecule has 0 saturated heterocycles. The third kappa shape index (κ3) is 1.18. The zero-order valence-electron chi connectivity index (χ0n) is 10.7. The van der Waals surface area contributed by atoms with E-state index in [4.69, 9.17) is 4.42 Å². The summed E-state index contributed by atoms with van der Waals surface area (Å²) in [5.41, 5.74) is 2.92. The van der Waals surface area contributed by atoms with E-state index >= 15 is 0 Å². The Balaban J connectivity index is 2.07. The smallest absolute Gasteiger partial charge is 0.206 e. The van der Waals surface area contributed by atoms with Gasteiger partial charge < -0.3 is 9.40 Å². The molecule has 94 valence electrons. The maximum Gasteiger partial charge on any atom is 0.206 e. The molecule has 2 nitrogen and oxygen atoms in total. The molecule has 0 saturated carbocycles. The number of nitrogens with one attached hydrogen (secondary N) is 1. The molecule has 0 unspecified atom stereocenters. The second-order valence-corrected chi connectivity index (χ2v) is 5.17. The summed E-state index contributed by atoms with van der Waals surface area (Å²) in [6, 6.07) is 21.0. The number of para-hydroxylation sites is 1. The molecule has 0 aliphatic carbocycles. The summed E-state index contributed by atoms with van der Waals surface area (Å²) < 4.78 is 5.99. The van der Waals surface area contributed by atoms with Gasteiger partial charge in [-0.3, -0.25) is 0 Å². The predicted octanol–water partition coefficient (Wildman–Crippen LogP) is 5.22. The lowest BCUT2D eigenvalue weighted by Crippen LogP contribution is -1.72. The molecule has 2 aromatic heterocycles. The molecule has 1 N–H and O–H groups in total. The van der Waals surface area contributed by atoms with E-state index in [9.17, 15) is 0 Å². The molecule has 20 heavy (non-hydrogen) atoms. The number of benzene rings is 3. The Hall–Kier alpha value is -2.74. The SMILES string of the molecule is c1ccc2cc3c(cc2c1)oc1[nH]c2ccccc2c13. The van der Waals surface area contributed by atoms with Crippen molar-refractivity contribution in [3.05, 3.63) is 60.7 Å². The first-order valence-corrected chi connectivity index (χ1v) is 6.72. The number of aromatic amines is 1. The first-order valence-electron chi connectivity index (χ1n) is 6.72. The molecule has 0 atom stereocenters. The summed E-state index contributed by atoms with van der Waals surface area (Å²) in [7, 11) is 0. The van der Waals surface area contributed by atoms with Gasteiger partial charge in [0.1, 0.15) is 5.58 Å². The molecule has 0 fully saturated rings.